The van der Waals surface area contributed by atoms with Crippen LogP contribution in [0.2, 0.25) is 0 Å². The van der Waals surface area contributed by atoms with Crippen LogP contribution in [0.25, 0.3) is 10.9 Å². The molecule has 6 nitrogen and oxygen atoms in total. The molecule has 0 radical (unpaired) electrons. The molecule has 5 rings (SSSR count). The number of alkyl halides is 6. The lowest BCUT2D eigenvalue weighted by Gasteiger charge is -2.24. The predicted octanol–water partition coefficient (Wildman–Crippen LogP) is 6.44. The van der Waals surface area contributed by atoms with E-state index in [0.717, 1.165) is 17.0 Å². The van der Waals surface area contributed by atoms with Gasteiger partial charge in [-0.25, -0.2) is 0 Å². The summed E-state index contributed by atoms with van der Waals surface area (Å²) in [4.78, 5) is 10.7. The number of fused-ring (bicyclic) bond motifs is 1. The van der Waals surface area contributed by atoms with Crippen LogP contribution in [0.1, 0.15) is 34.6 Å². The quantitative estimate of drug-likeness (QED) is 0.279. The van der Waals surface area contributed by atoms with Gasteiger partial charge in [0.25, 0.3) is 0 Å². The Kier molecular flexibility index (Phi) is 6.80. The lowest BCUT2D eigenvalue weighted by Crippen LogP contribution is -2.27. The summed E-state index contributed by atoms with van der Waals surface area (Å²) in [5, 5.41) is 19.3. The van der Waals surface area contributed by atoms with E-state index in [1.165, 1.54) is 16.7 Å². The normalized spacial score (nSPS) is 15.9. The highest BCUT2D eigenvalue weighted by Crippen LogP contribution is 2.39. The summed E-state index contributed by atoms with van der Waals surface area (Å²) in [6.07, 6.45) is -8.06. The number of nitrogens with zero attached hydrogens (tertiary/aromatic N) is 4. The second kappa shape index (κ2) is 9.93. The van der Waals surface area contributed by atoms with E-state index < -0.39 is 29.4 Å². The number of aromatic hydroxyl groups is 1. The van der Waals surface area contributed by atoms with Crippen LogP contribution in [0.15, 0.2) is 53.0 Å². The molecule has 0 saturated carbocycles. The zero-order valence-corrected chi connectivity index (χ0v) is 20.5. The highest BCUT2D eigenvalue weighted by Gasteiger charge is 2.39. The van der Waals surface area contributed by atoms with Crippen LogP contribution in [0.4, 0.5) is 31.5 Å². The molecule has 13 heteroatoms. The summed E-state index contributed by atoms with van der Waals surface area (Å²) in [5.41, 5.74) is -0.822. The molecule has 4 aromatic rings. The van der Waals surface area contributed by atoms with E-state index in [2.05, 4.69) is 15.2 Å². The lowest BCUT2D eigenvalue weighted by atomic mass is 9.84. The number of anilines is 1. The summed E-state index contributed by atoms with van der Waals surface area (Å²) in [7, 11) is 0. The van der Waals surface area contributed by atoms with Gasteiger partial charge in [-0.05, 0) is 41.8 Å². The Labute approximate surface area is 216 Å². The molecule has 1 aliphatic heterocycles. The van der Waals surface area contributed by atoms with Crippen LogP contribution in [-0.4, -0.2) is 45.6 Å². The largest absolute Gasteiger partial charge is 0.493 e. The SMILES string of the molecule is Oc1csc(N2CCN=C(C(Cc3ccc(C(F)(F)F)cc3C(F)(F)F)c3ccc4[nH]ncc4c3)CC2)n1. The molecule has 38 heavy (non-hydrogen) atoms. The van der Waals surface area contributed by atoms with Crippen molar-refractivity contribution < 1.29 is 31.4 Å². The molecule has 0 saturated heterocycles. The minimum atomic E-state index is -4.97. The van der Waals surface area contributed by atoms with Crippen molar-refractivity contribution in [1.82, 2.24) is 15.2 Å². The topological polar surface area (TPSA) is 77.4 Å². The number of aromatic amines is 1. The smallest absolute Gasteiger partial charge is 0.416 e. The molecule has 3 heterocycles. The first-order chi connectivity index (χ1) is 18.0. The molecule has 0 bridgehead atoms. The number of benzene rings is 2. The van der Waals surface area contributed by atoms with E-state index in [4.69, 9.17) is 4.99 Å². The van der Waals surface area contributed by atoms with Crippen molar-refractivity contribution in [2.75, 3.05) is 24.5 Å². The number of halogens is 6. The van der Waals surface area contributed by atoms with Gasteiger partial charge in [-0.15, -0.1) is 11.3 Å². The predicted molar refractivity (Wildman–Crippen MR) is 132 cm³/mol. The van der Waals surface area contributed by atoms with E-state index in [1.807, 2.05) is 11.0 Å². The number of thiazole rings is 1. The molecular weight excluding hydrogens is 532 g/mol. The van der Waals surface area contributed by atoms with Crippen molar-refractivity contribution in [1.29, 1.82) is 0 Å². The molecule has 1 unspecified atom stereocenters. The average Bonchev–Trinajstić information content (AvgIpc) is 3.43. The number of aromatic nitrogens is 3. The molecular formula is C25H21F6N5OS. The molecule has 2 aromatic carbocycles. The maximum absolute atomic E-state index is 13.9. The Hall–Kier alpha value is -3.61. The Bertz CT molecular complexity index is 1470. The number of rotatable bonds is 5. The first kappa shape index (κ1) is 26.0. The summed E-state index contributed by atoms with van der Waals surface area (Å²) in [5.74, 6) is -0.708. The van der Waals surface area contributed by atoms with Gasteiger partial charge in [0.2, 0.25) is 5.88 Å². The maximum Gasteiger partial charge on any atom is 0.416 e. The van der Waals surface area contributed by atoms with E-state index in [9.17, 15) is 31.4 Å². The third-order valence-electron chi connectivity index (χ3n) is 6.51. The fraction of sp³-hybridized carbons (Fsp3) is 0.320. The van der Waals surface area contributed by atoms with Crippen LogP contribution >= 0.6 is 11.3 Å². The standard InChI is InChI=1S/C25H21F6N5OS/c26-24(27,28)17-3-1-15(19(11-17)25(29,30)31)10-18(14-2-4-20-16(9-14)12-33-35-20)21-5-7-36(8-6-32-21)23-34-22(37)13-38-23/h1-4,9,11-13,18,37H,5-8,10H2,(H,33,35). The van der Waals surface area contributed by atoms with Crippen molar-refractivity contribution >= 4 is 33.1 Å². The molecule has 0 aliphatic carbocycles. The molecule has 0 fully saturated rings. The van der Waals surface area contributed by atoms with Gasteiger partial charge in [-0.2, -0.15) is 36.4 Å². The van der Waals surface area contributed by atoms with Crippen molar-refractivity contribution in [3.05, 3.63) is 70.2 Å². The van der Waals surface area contributed by atoms with Gasteiger partial charge in [-0.3, -0.25) is 10.1 Å². The third kappa shape index (κ3) is 5.47. The molecule has 1 atom stereocenters. The zero-order chi connectivity index (χ0) is 27.1. The van der Waals surface area contributed by atoms with Gasteiger partial charge >= 0.3 is 12.4 Å². The van der Waals surface area contributed by atoms with Crippen LogP contribution in [0, 0.1) is 0 Å². The second-order valence-electron chi connectivity index (χ2n) is 8.94. The van der Waals surface area contributed by atoms with Gasteiger partial charge in [0, 0.05) is 36.5 Å². The number of hydrogen-bond acceptors (Lipinski definition) is 6. The van der Waals surface area contributed by atoms with Gasteiger partial charge in [0.1, 0.15) is 0 Å². The van der Waals surface area contributed by atoms with Crippen molar-refractivity contribution in [2.24, 2.45) is 4.99 Å². The van der Waals surface area contributed by atoms with E-state index in [0.29, 0.717) is 48.5 Å². The molecule has 2 aromatic heterocycles. The number of nitrogens with one attached hydrogen (secondary N) is 1. The average molecular weight is 554 g/mol. The van der Waals surface area contributed by atoms with Gasteiger partial charge in [0.15, 0.2) is 5.13 Å². The van der Waals surface area contributed by atoms with Crippen molar-refractivity contribution in [2.45, 2.75) is 31.1 Å². The highest BCUT2D eigenvalue weighted by molar-refractivity contribution is 7.13. The summed E-state index contributed by atoms with van der Waals surface area (Å²) >= 11 is 1.27. The van der Waals surface area contributed by atoms with E-state index in [1.54, 1.807) is 18.3 Å². The Morgan fingerprint density at radius 2 is 1.84 bits per heavy atom. The van der Waals surface area contributed by atoms with E-state index >= 15 is 0 Å². The first-order valence-corrected chi connectivity index (χ1v) is 12.5. The fourth-order valence-electron chi connectivity index (χ4n) is 4.65. The number of hydrogen-bond donors (Lipinski definition) is 2. The van der Waals surface area contributed by atoms with Crippen molar-refractivity contribution in [3.63, 3.8) is 0 Å². The fourth-order valence-corrected chi connectivity index (χ4v) is 5.39. The van der Waals surface area contributed by atoms with Crippen LogP contribution < -0.4 is 4.90 Å². The molecule has 200 valence electrons. The summed E-state index contributed by atoms with van der Waals surface area (Å²) < 4.78 is 81.5. The Morgan fingerprint density at radius 3 is 2.55 bits per heavy atom. The zero-order valence-electron chi connectivity index (χ0n) is 19.6. The summed E-state index contributed by atoms with van der Waals surface area (Å²) in [6.45, 7) is 1.31. The second-order valence-corrected chi connectivity index (χ2v) is 9.78. The van der Waals surface area contributed by atoms with Crippen LogP contribution in [0.3, 0.4) is 0 Å². The number of aliphatic imine (C=N–C) groups is 1. The highest BCUT2D eigenvalue weighted by atomic mass is 32.1. The third-order valence-corrected chi connectivity index (χ3v) is 7.40. The minimum absolute atomic E-state index is 0.0938. The molecule has 2 N–H and O–H groups in total. The van der Waals surface area contributed by atoms with Gasteiger partial charge in [0.05, 0.1) is 34.8 Å². The van der Waals surface area contributed by atoms with E-state index in [-0.39, 0.29) is 23.9 Å². The van der Waals surface area contributed by atoms with Gasteiger partial charge in [-0.1, -0.05) is 12.1 Å². The number of H-pyrrole nitrogens is 1. The Balaban J connectivity index is 1.52. The first-order valence-electron chi connectivity index (χ1n) is 11.6. The minimum Gasteiger partial charge on any atom is -0.493 e. The molecule has 1 aliphatic rings. The monoisotopic (exact) mass is 553 g/mol. The lowest BCUT2D eigenvalue weighted by molar-refractivity contribution is -0.143. The van der Waals surface area contributed by atoms with Crippen LogP contribution in [0.5, 0.6) is 5.88 Å². The van der Waals surface area contributed by atoms with Gasteiger partial charge < -0.3 is 10.0 Å². The maximum atomic E-state index is 13.9. The molecule has 0 spiro atoms. The Morgan fingerprint density at radius 1 is 1.03 bits per heavy atom. The summed E-state index contributed by atoms with van der Waals surface area (Å²) in [6, 6.07) is 7.13. The van der Waals surface area contributed by atoms with Crippen LogP contribution in [-0.2, 0) is 18.8 Å². The molecule has 0 amide bonds. The van der Waals surface area contributed by atoms with Crippen molar-refractivity contribution in [3.8, 4) is 5.88 Å².